The van der Waals surface area contributed by atoms with Crippen LogP contribution in [0, 0.1) is 0 Å². The van der Waals surface area contributed by atoms with Gasteiger partial charge in [0.1, 0.15) is 0 Å². The maximum absolute atomic E-state index is 1.98. The van der Waals surface area contributed by atoms with Crippen molar-refractivity contribution in [2.24, 2.45) is 0 Å². The van der Waals surface area contributed by atoms with Crippen LogP contribution in [0.1, 0.15) is 64.2 Å². The summed E-state index contributed by atoms with van der Waals surface area (Å²) in [7, 11) is -3.89. The lowest BCUT2D eigenvalue weighted by Crippen LogP contribution is -2.74. The van der Waals surface area contributed by atoms with Gasteiger partial charge in [-0.05, 0) is 0 Å². The van der Waals surface area contributed by atoms with Gasteiger partial charge in [0.05, 0.1) is 0 Å². The van der Waals surface area contributed by atoms with Gasteiger partial charge in [0, 0.05) is 35.5 Å². The molecule has 0 radical (unpaired) electrons. The fourth-order valence-corrected chi connectivity index (χ4v) is 234. The molecular weight excluding hydrogens is 381 g/mol. The molecule has 0 saturated carbocycles. The Labute approximate surface area is 159 Å². The van der Waals surface area contributed by atoms with Crippen LogP contribution in [-0.4, -0.2) is 35.5 Å². The highest BCUT2D eigenvalue weighted by Crippen LogP contribution is 2.72. The molecule has 5 spiro atoms. The van der Waals surface area contributed by atoms with Crippen LogP contribution in [0.4, 0.5) is 0 Å². The van der Waals surface area contributed by atoms with Gasteiger partial charge in [-0.15, -0.1) is 0 Å². The molecule has 25 heavy (non-hydrogen) atoms. The van der Waals surface area contributed by atoms with Crippen LogP contribution in [-0.2, 0) is 0 Å². The molecule has 6 aliphatic heterocycles. The third-order valence-electron chi connectivity index (χ3n) is 11.9. The Hall–Kier alpha value is 1.08. The van der Waals surface area contributed by atoms with E-state index in [0.717, 1.165) is 0 Å². The van der Waals surface area contributed by atoms with Crippen LogP contribution in [0.25, 0.3) is 0 Å². The summed E-state index contributed by atoms with van der Waals surface area (Å²) < 4.78 is 0. The molecule has 5 heteroatoms. The van der Waals surface area contributed by atoms with Gasteiger partial charge in [0.25, 0.3) is 0 Å². The molecule has 0 nitrogen and oxygen atoms in total. The first-order valence-corrected chi connectivity index (χ1v) is 29.4. The van der Waals surface area contributed by atoms with Crippen molar-refractivity contribution in [3.8, 4) is 0 Å². The van der Waals surface area contributed by atoms with E-state index in [4.69, 9.17) is 0 Å². The Morgan fingerprint density at radius 3 is 0.440 bits per heavy atom. The van der Waals surface area contributed by atoms with E-state index in [2.05, 4.69) is 0 Å². The second kappa shape index (κ2) is 5.58. The summed E-state index contributed by atoms with van der Waals surface area (Å²) in [5.74, 6) is 0. The van der Waals surface area contributed by atoms with Gasteiger partial charge in [0.15, 0.2) is 0 Å². The third-order valence-corrected chi connectivity index (χ3v) is 130. The lowest BCUT2D eigenvalue weighted by molar-refractivity contribution is 0.935. The molecule has 0 aromatic carbocycles. The minimum absolute atomic E-state index is 0.777. The summed E-state index contributed by atoms with van der Waals surface area (Å²) in [5, 5.41) is 0. The van der Waals surface area contributed by atoms with Crippen molar-refractivity contribution in [2.45, 2.75) is 125 Å². The molecule has 6 rings (SSSR count). The summed E-state index contributed by atoms with van der Waals surface area (Å²) in [6.45, 7) is 0. The summed E-state index contributed by atoms with van der Waals surface area (Å²) in [6.07, 6.45) is 17.5. The average Bonchev–Trinajstić information content (AvgIpc) is 3.48. The Kier molecular flexibility index (Phi) is 3.79. The van der Waals surface area contributed by atoms with Gasteiger partial charge >= 0.3 is 0 Å². The number of hydrogen-bond donors (Lipinski definition) is 0. The minimum Gasteiger partial charge on any atom is -0.0612 e. The van der Waals surface area contributed by atoms with E-state index in [1.807, 2.05) is 60.4 Å². The summed E-state index contributed by atoms with van der Waals surface area (Å²) in [6, 6.07) is 19.8. The highest BCUT2D eigenvalue weighted by molar-refractivity contribution is 8.14. The quantitative estimate of drug-likeness (QED) is 0.387. The zero-order valence-corrected chi connectivity index (χ0v) is 21.6. The second-order valence-corrected chi connectivity index (χ2v) is 63.5. The van der Waals surface area contributed by atoms with Crippen molar-refractivity contribution in [1.82, 2.24) is 0 Å². The molecule has 0 aromatic rings. The van der Waals surface area contributed by atoms with Gasteiger partial charge in [-0.2, -0.15) is 0 Å². The summed E-state index contributed by atoms with van der Waals surface area (Å²) in [5.41, 5.74) is 0. The van der Waals surface area contributed by atoms with Crippen LogP contribution < -0.4 is 0 Å². The van der Waals surface area contributed by atoms with Gasteiger partial charge in [-0.3, -0.25) is 0 Å². The summed E-state index contributed by atoms with van der Waals surface area (Å²) >= 11 is 0. The molecule has 0 aliphatic carbocycles. The first-order valence-electron chi connectivity index (χ1n) is 12.3. The van der Waals surface area contributed by atoms with Crippen LogP contribution >= 0.6 is 0 Å². The summed E-state index contributed by atoms with van der Waals surface area (Å²) in [4.78, 5) is 0. The van der Waals surface area contributed by atoms with E-state index in [-0.39, 0.29) is 0 Å². The van der Waals surface area contributed by atoms with Crippen molar-refractivity contribution in [3.05, 3.63) is 0 Å². The SMILES string of the molecule is C1CC[Si]2(C1)[Si]1(CCCC1)[Si]1(CCCC1)[Si]1(CCCC1)[Si]21CCCC1. The van der Waals surface area contributed by atoms with Gasteiger partial charge < -0.3 is 0 Å². The fourth-order valence-electron chi connectivity index (χ4n) is 12.0. The molecule has 0 aromatic heterocycles. The predicted molar refractivity (Wildman–Crippen MR) is 123 cm³/mol. The molecule has 0 unspecified atom stereocenters. The topological polar surface area (TPSA) is 0 Å². The lowest BCUT2D eigenvalue weighted by Gasteiger charge is -2.51. The van der Waals surface area contributed by atoms with E-state index in [1.165, 1.54) is 0 Å². The van der Waals surface area contributed by atoms with Gasteiger partial charge in [-0.1, -0.05) is 125 Å². The van der Waals surface area contributed by atoms with E-state index in [9.17, 15) is 0 Å². The minimum atomic E-state index is -0.777. The Balaban J connectivity index is 1.67. The molecule has 6 saturated heterocycles. The normalized spacial score (nSPS) is 38.4. The number of hydrogen-bond acceptors (Lipinski definition) is 0. The highest BCUT2D eigenvalue weighted by Gasteiger charge is 2.88. The Morgan fingerprint density at radius 2 is 0.320 bits per heavy atom. The molecule has 0 bridgehead atoms. The number of rotatable bonds is 0. The zero-order chi connectivity index (χ0) is 16.6. The number of fused-ring (bicyclic) bond motifs is 5. The van der Waals surface area contributed by atoms with Crippen molar-refractivity contribution >= 4 is 35.5 Å². The van der Waals surface area contributed by atoms with Crippen molar-refractivity contribution < 1.29 is 0 Å². The monoisotopic (exact) mass is 420 g/mol. The van der Waals surface area contributed by atoms with E-state index >= 15 is 0 Å². The van der Waals surface area contributed by atoms with Crippen LogP contribution in [0.3, 0.4) is 0 Å². The second-order valence-electron chi connectivity index (χ2n) is 11.4. The molecule has 140 valence electrons. The predicted octanol–water partition coefficient (Wildman–Crippen LogP) is 6.61. The third kappa shape index (κ3) is 1.61. The lowest BCUT2D eigenvalue weighted by atomic mass is 10.4. The van der Waals surface area contributed by atoms with Crippen molar-refractivity contribution in [2.75, 3.05) is 0 Å². The van der Waals surface area contributed by atoms with Crippen LogP contribution in [0.15, 0.2) is 0 Å². The zero-order valence-electron chi connectivity index (χ0n) is 16.6. The maximum Gasteiger partial charge on any atom is 0.0377 e. The first-order chi connectivity index (χ1) is 12.3. The van der Waals surface area contributed by atoms with Gasteiger partial charge in [-0.25, -0.2) is 0 Å². The maximum atomic E-state index is 1.98. The molecule has 0 atom stereocenters. The largest absolute Gasteiger partial charge is 0.0612 e. The average molecular weight is 421 g/mol. The first kappa shape index (κ1) is 17.0. The molecule has 0 N–H and O–H groups in total. The molecule has 6 fully saturated rings. The van der Waals surface area contributed by atoms with E-state index in [0.29, 0.717) is 0 Å². The molecule has 6 heterocycles. The molecular formula is C20H40Si5. The fraction of sp³-hybridized carbons (Fsp3) is 1.00. The highest BCUT2D eigenvalue weighted by atomic mass is 30.2. The van der Waals surface area contributed by atoms with Crippen molar-refractivity contribution in [3.63, 3.8) is 0 Å². The Bertz CT molecular complexity index is 406. The van der Waals surface area contributed by atoms with Gasteiger partial charge in [0.2, 0.25) is 0 Å². The molecule has 0 amide bonds. The van der Waals surface area contributed by atoms with Crippen molar-refractivity contribution in [1.29, 1.82) is 0 Å². The van der Waals surface area contributed by atoms with E-state index < -0.39 is 35.5 Å². The molecule has 6 aliphatic rings. The van der Waals surface area contributed by atoms with Crippen LogP contribution in [0.5, 0.6) is 0 Å². The standard InChI is InChI=1S/C20H40Si5/c1-2-12-21(11-1)22(13-3-4-14-22)24(17-7-8-18-24)25(19-9-10-20-25)23(21)15-5-6-16-23/h1-20H2. The smallest absolute Gasteiger partial charge is 0.0377 e. The Morgan fingerprint density at radius 1 is 0.200 bits per heavy atom. The van der Waals surface area contributed by atoms with E-state index in [1.54, 1.807) is 64.2 Å². The van der Waals surface area contributed by atoms with Crippen LogP contribution in [0.2, 0.25) is 60.4 Å².